The van der Waals surface area contributed by atoms with Crippen molar-refractivity contribution in [2.75, 3.05) is 5.73 Å². The number of benzene rings is 1. The van der Waals surface area contributed by atoms with Crippen molar-refractivity contribution in [3.63, 3.8) is 0 Å². The van der Waals surface area contributed by atoms with Crippen molar-refractivity contribution in [3.05, 3.63) is 67.0 Å². The van der Waals surface area contributed by atoms with E-state index < -0.39 is 6.08 Å². The lowest BCUT2D eigenvalue weighted by atomic mass is 10.00. The van der Waals surface area contributed by atoms with E-state index in [1.807, 2.05) is 42.8 Å². The molecule has 0 amide bonds. The third kappa shape index (κ3) is 3.37. The van der Waals surface area contributed by atoms with Crippen LogP contribution in [0.15, 0.2) is 55.2 Å². The molecule has 0 saturated heterocycles. The number of anilines is 1. The van der Waals surface area contributed by atoms with E-state index in [0.717, 1.165) is 22.5 Å². The highest BCUT2D eigenvalue weighted by Crippen LogP contribution is 2.41. The maximum atomic E-state index is 13.3. The zero-order valence-corrected chi connectivity index (χ0v) is 17.2. The molecule has 0 bridgehead atoms. The monoisotopic (exact) mass is 428 g/mol. The summed E-state index contributed by atoms with van der Waals surface area (Å²) in [6, 6.07) is 9.46. The quantitative estimate of drug-likeness (QED) is 0.431. The van der Waals surface area contributed by atoms with E-state index in [1.165, 1.54) is 18.7 Å². The highest BCUT2D eigenvalue weighted by Gasteiger charge is 2.22. The van der Waals surface area contributed by atoms with Gasteiger partial charge in [-0.05, 0) is 30.7 Å². The topological polar surface area (TPSA) is 118 Å². The molecule has 0 unspecified atom stereocenters. The number of aryl methyl sites for hydroxylation is 2. The maximum absolute atomic E-state index is 13.3. The molecule has 1 aromatic carbocycles. The summed E-state index contributed by atoms with van der Waals surface area (Å²) < 4.78 is 21.0. The van der Waals surface area contributed by atoms with Crippen LogP contribution in [0.5, 0.6) is 11.8 Å². The van der Waals surface area contributed by atoms with Gasteiger partial charge in [0.2, 0.25) is 0 Å². The number of halogens is 1. The Bertz CT molecular complexity index is 1430. The largest absolute Gasteiger partial charge is 0.424 e. The Labute approximate surface area is 181 Å². The van der Waals surface area contributed by atoms with E-state index in [4.69, 9.17) is 10.5 Å². The predicted molar refractivity (Wildman–Crippen MR) is 116 cm³/mol. The summed E-state index contributed by atoms with van der Waals surface area (Å²) in [5.74, 6) is 0.916. The van der Waals surface area contributed by atoms with Crippen LogP contribution in [0.4, 0.5) is 10.2 Å². The Hall–Kier alpha value is -4.47. The third-order valence-electron chi connectivity index (χ3n) is 5.02. The summed E-state index contributed by atoms with van der Waals surface area (Å²) in [7, 11) is 1.85. The van der Waals surface area contributed by atoms with Gasteiger partial charge < -0.3 is 15.0 Å². The summed E-state index contributed by atoms with van der Waals surface area (Å²) in [5, 5.41) is 0.685. The molecular weight excluding hydrogens is 411 g/mol. The van der Waals surface area contributed by atoms with Gasteiger partial charge in [-0.2, -0.15) is 4.39 Å². The zero-order chi connectivity index (χ0) is 22.2. The molecule has 158 valence electrons. The van der Waals surface area contributed by atoms with Crippen LogP contribution in [0.3, 0.4) is 0 Å². The fraction of sp³-hybridized carbons (Fsp3) is 0.0909. The first kappa shape index (κ1) is 19.5. The van der Waals surface area contributed by atoms with Crippen LogP contribution >= 0.6 is 0 Å². The molecule has 0 aliphatic rings. The van der Waals surface area contributed by atoms with Crippen LogP contribution in [0.2, 0.25) is 0 Å². The van der Waals surface area contributed by atoms with Gasteiger partial charge in [-0.15, -0.1) is 0 Å². The molecule has 4 aromatic heterocycles. The summed E-state index contributed by atoms with van der Waals surface area (Å²) in [4.78, 5) is 24.3. The molecule has 0 fully saturated rings. The van der Waals surface area contributed by atoms with Crippen LogP contribution in [0, 0.1) is 13.0 Å². The van der Waals surface area contributed by atoms with Crippen molar-refractivity contribution >= 4 is 16.9 Å². The number of fused-ring (bicyclic) bond motifs is 1. The summed E-state index contributed by atoms with van der Waals surface area (Å²) in [6.45, 7) is 1.87. The number of aromatic nitrogens is 7. The molecular formula is C22H17FN8O. The van der Waals surface area contributed by atoms with Gasteiger partial charge in [0, 0.05) is 42.5 Å². The van der Waals surface area contributed by atoms with Crippen molar-refractivity contribution in [1.82, 2.24) is 34.5 Å². The lowest BCUT2D eigenvalue weighted by molar-refractivity contribution is 0.440. The van der Waals surface area contributed by atoms with E-state index in [0.29, 0.717) is 28.2 Å². The molecule has 5 aromatic rings. The molecule has 2 N–H and O–H groups in total. The van der Waals surface area contributed by atoms with Gasteiger partial charge in [0.05, 0.1) is 11.1 Å². The number of rotatable bonds is 4. The van der Waals surface area contributed by atoms with Gasteiger partial charge in [0.1, 0.15) is 23.5 Å². The number of nitrogens with two attached hydrogens (primary N) is 1. The molecule has 0 aliphatic heterocycles. The second kappa shape index (κ2) is 7.65. The number of nitrogens with zero attached hydrogens (tertiary/aromatic N) is 7. The van der Waals surface area contributed by atoms with Crippen molar-refractivity contribution in [2.45, 2.75) is 6.92 Å². The van der Waals surface area contributed by atoms with Crippen molar-refractivity contribution < 1.29 is 9.13 Å². The number of nitrogen functional groups attached to an aromatic ring is 1. The Morgan fingerprint density at radius 3 is 2.41 bits per heavy atom. The van der Waals surface area contributed by atoms with Crippen LogP contribution in [-0.4, -0.2) is 34.5 Å². The smallest absolute Gasteiger partial charge is 0.322 e. The standard InChI is InChI=1S/C22H17FN8O/c1-12-7-8-25-22(30-12)32-15-5-3-13(4-6-15)16-17-19(24)28-11-29-20(17)31(2)18(16)14-9-26-21(23)27-10-14/h3-11H,1-2H3,(H2,24,28,29). The molecule has 0 radical (unpaired) electrons. The normalized spacial score (nSPS) is 11.1. The number of hydrogen-bond acceptors (Lipinski definition) is 8. The minimum atomic E-state index is -0.798. The van der Waals surface area contributed by atoms with Crippen molar-refractivity contribution in [1.29, 1.82) is 0 Å². The lowest BCUT2D eigenvalue weighted by Gasteiger charge is -2.09. The Morgan fingerprint density at radius 2 is 1.69 bits per heavy atom. The minimum absolute atomic E-state index is 0.268. The number of hydrogen-bond donors (Lipinski definition) is 1. The van der Waals surface area contributed by atoms with Crippen LogP contribution in [0.25, 0.3) is 33.4 Å². The molecule has 4 heterocycles. The van der Waals surface area contributed by atoms with E-state index in [1.54, 1.807) is 12.3 Å². The molecule has 0 spiro atoms. The SMILES string of the molecule is Cc1ccnc(Oc2ccc(-c3c(-c4cnc(F)nc4)n(C)c4ncnc(N)c34)cc2)n1. The van der Waals surface area contributed by atoms with Gasteiger partial charge in [-0.1, -0.05) is 12.1 Å². The van der Waals surface area contributed by atoms with Gasteiger partial charge in [-0.3, -0.25) is 0 Å². The van der Waals surface area contributed by atoms with Gasteiger partial charge in [0.25, 0.3) is 0 Å². The lowest BCUT2D eigenvalue weighted by Crippen LogP contribution is -1.97. The third-order valence-corrected chi connectivity index (χ3v) is 5.02. The fourth-order valence-corrected chi connectivity index (χ4v) is 3.60. The van der Waals surface area contributed by atoms with Gasteiger partial charge in [0.15, 0.2) is 0 Å². The molecule has 5 rings (SSSR count). The van der Waals surface area contributed by atoms with E-state index >= 15 is 0 Å². The van der Waals surface area contributed by atoms with Crippen LogP contribution < -0.4 is 10.5 Å². The number of ether oxygens (including phenoxy) is 1. The Morgan fingerprint density at radius 1 is 0.938 bits per heavy atom. The highest BCUT2D eigenvalue weighted by atomic mass is 19.1. The Kier molecular flexibility index (Phi) is 4.66. The maximum Gasteiger partial charge on any atom is 0.322 e. The molecule has 0 saturated carbocycles. The first-order chi connectivity index (χ1) is 15.5. The highest BCUT2D eigenvalue weighted by molar-refractivity contribution is 6.07. The fourth-order valence-electron chi connectivity index (χ4n) is 3.60. The zero-order valence-electron chi connectivity index (χ0n) is 17.2. The van der Waals surface area contributed by atoms with E-state index in [2.05, 4.69) is 29.9 Å². The van der Waals surface area contributed by atoms with Gasteiger partial charge in [-0.25, -0.2) is 29.9 Å². The molecule has 0 atom stereocenters. The average Bonchev–Trinajstić information content (AvgIpc) is 3.09. The second-order valence-corrected chi connectivity index (χ2v) is 7.09. The van der Waals surface area contributed by atoms with E-state index in [-0.39, 0.29) is 6.01 Å². The Balaban J connectivity index is 1.64. The minimum Gasteiger partial charge on any atom is -0.424 e. The molecule has 32 heavy (non-hydrogen) atoms. The predicted octanol–water partition coefficient (Wildman–Crippen LogP) is 3.70. The summed E-state index contributed by atoms with van der Waals surface area (Å²) in [6.07, 6.45) is 5.10. The molecule has 10 heteroatoms. The van der Waals surface area contributed by atoms with Crippen LogP contribution in [0.1, 0.15) is 5.69 Å². The van der Waals surface area contributed by atoms with E-state index in [9.17, 15) is 4.39 Å². The second-order valence-electron chi connectivity index (χ2n) is 7.09. The van der Waals surface area contributed by atoms with Gasteiger partial charge >= 0.3 is 12.1 Å². The summed E-state index contributed by atoms with van der Waals surface area (Å²) >= 11 is 0. The first-order valence-corrected chi connectivity index (χ1v) is 9.66. The van der Waals surface area contributed by atoms with Crippen molar-refractivity contribution in [3.8, 4) is 34.1 Å². The summed E-state index contributed by atoms with van der Waals surface area (Å²) in [5.41, 5.74) is 10.7. The van der Waals surface area contributed by atoms with Crippen molar-refractivity contribution in [2.24, 2.45) is 7.05 Å². The molecule has 0 aliphatic carbocycles. The first-order valence-electron chi connectivity index (χ1n) is 9.66. The average molecular weight is 428 g/mol. The van der Waals surface area contributed by atoms with Crippen LogP contribution in [-0.2, 0) is 7.05 Å². The molecule has 9 nitrogen and oxygen atoms in total.